The van der Waals surface area contributed by atoms with Gasteiger partial charge in [-0.15, -0.1) is 0 Å². The molecule has 1 saturated heterocycles. The SMILES string of the molecule is Fc1ccc(CC(CCCc2c[nH]c3ccc(Cn4cncn4)cc23)N2CCNCC2)cc1F. The van der Waals surface area contributed by atoms with Crippen molar-refractivity contribution < 1.29 is 8.78 Å². The van der Waals surface area contributed by atoms with Crippen LogP contribution in [0, 0.1) is 11.6 Å². The zero-order valence-electron chi connectivity index (χ0n) is 19.2. The van der Waals surface area contributed by atoms with E-state index in [9.17, 15) is 8.78 Å². The third-order valence-electron chi connectivity index (χ3n) is 6.75. The zero-order valence-corrected chi connectivity index (χ0v) is 19.2. The molecule has 2 N–H and O–H groups in total. The van der Waals surface area contributed by atoms with Crippen molar-refractivity contribution in [2.24, 2.45) is 0 Å². The number of benzene rings is 2. The lowest BCUT2D eigenvalue weighted by molar-refractivity contribution is 0.161. The second-order valence-corrected chi connectivity index (χ2v) is 9.07. The molecule has 1 unspecified atom stereocenters. The normalized spacial score (nSPS) is 15.7. The second-order valence-electron chi connectivity index (χ2n) is 9.07. The minimum atomic E-state index is -0.787. The van der Waals surface area contributed by atoms with E-state index in [2.05, 4.69) is 49.7 Å². The van der Waals surface area contributed by atoms with E-state index in [1.807, 2.05) is 4.68 Å². The molecule has 1 aliphatic heterocycles. The van der Waals surface area contributed by atoms with Crippen LogP contribution in [0.2, 0.25) is 0 Å². The first-order valence-electron chi connectivity index (χ1n) is 12.0. The third-order valence-corrected chi connectivity index (χ3v) is 6.75. The minimum Gasteiger partial charge on any atom is -0.361 e. The van der Waals surface area contributed by atoms with Crippen LogP contribution < -0.4 is 5.32 Å². The largest absolute Gasteiger partial charge is 0.361 e. The summed E-state index contributed by atoms with van der Waals surface area (Å²) in [5.41, 5.74) is 4.49. The highest BCUT2D eigenvalue weighted by Crippen LogP contribution is 2.24. The van der Waals surface area contributed by atoms with Crippen LogP contribution in [0.4, 0.5) is 8.78 Å². The molecule has 2 aromatic heterocycles. The molecule has 0 aliphatic carbocycles. The van der Waals surface area contributed by atoms with Crippen molar-refractivity contribution in [1.82, 2.24) is 30.0 Å². The molecule has 1 fully saturated rings. The van der Waals surface area contributed by atoms with Crippen molar-refractivity contribution in [2.75, 3.05) is 26.2 Å². The number of aryl methyl sites for hydroxylation is 1. The van der Waals surface area contributed by atoms with Gasteiger partial charge in [-0.05, 0) is 66.6 Å². The average Bonchev–Trinajstić information content (AvgIpc) is 3.51. The van der Waals surface area contributed by atoms with Gasteiger partial charge in [0.1, 0.15) is 12.7 Å². The predicted octanol–water partition coefficient (Wildman–Crippen LogP) is 3.93. The number of piperazine rings is 1. The molecular formula is C26H30F2N6. The summed E-state index contributed by atoms with van der Waals surface area (Å²) < 4.78 is 29.0. The van der Waals surface area contributed by atoms with Gasteiger partial charge in [0.15, 0.2) is 11.6 Å². The summed E-state index contributed by atoms with van der Waals surface area (Å²) in [5.74, 6) is -1.55. The molecule has 3 heterocycles. The van der Waals surface area contributed by atoms with Crippen LogP contribution in [0.15, 0.2) is 55.2 Å². The fraction of sp³-hybridized carbons (Fsp3) is 0.385. The first-order valence-corrected chi connectivity index (χ1v) is 12.0. The Bertz CT molecular complexity index is 1210. The lowest BCUT2D eigenvalue weighted by atomic mass is 9.96. The molecule has 4 aromatic rings. The topological polar surface area (TPSA) is 61.8 Å². The van der Waals surface area contributed by atoms with Gasteiger partial charge in [0.05, 0.1) is 6.54 Å². The van der Waals surface area contributed by atoms with Crippen LogP contribution in [-0.2, 0) is 19.4 Å². The fourth-order valence-electron chi connectivity index (χ4n) is 4.96. The quantitative estimate of drug-likeness (QED) is 0.394. The molecule has 34 heavy (non-hydrogen) atoms. The number of nitrogens with one attached hydrogen (secondary N) is 2. The molecule has 1 atom stereocenters. The van der Waals surface area contributed by atoms with Crippen molar-refractivity contribution in [3.05, 3.63) is 83.6 Å². The van der Waals surface area contributed by atoms with Crippen molar-refractivity contribution >= 4 is 10.9 Å². The van der Waals surface area contributed by atoms with Gasteiger partial charge in [0, 0.05) is 49.3 Å². The first-order chi connectivity index (χ1) is 16.7. The number of nitrogens with zero attached hydrogens (tertiary/aromatic N) is 4. The van der Waals surface area contributed by atoms with Gasteiger partial charge >= 0.3 is 0 Å². The van der Waals surface area contributed by atoms with Crippen molar-refractivity contribution in [2.45, 2.75) is 38.3 Å². The maximum atomic E-state index is 13.8. The molecule has 0 bridgehead atoms. The Morgan fingerprint density at radius 2 is 1.85 bits per heavy atom. The van der Waals surface area contributed by atoms with Crippen LogP contribution in [0.25, 0.3) is 10.9 Å². The van der Waals surface area contributed by atoms with Crippen LogP contribution in [0.1, 0.15) is 29.5 Å². The van der Waals surface area contributed by atoms with Crippen LogP contribution >= 0.6 is 0 Å². The van der Waals surface area contributed by atoms with Crippen molar-refractivity contribution in [3.8, 4) is 0 Å². The Hall–Kier alpha value is -3.10. The third kappa shape index (κ3) is 5.34. The number of fused-ring (bicyclic) bond motifs is 1. The standard InChI is InChI=1S/C26H30F2N6/c27-24-6-4-19(14-25(24)28)12-22(33-10-8-29-9-11-33)3-1-2-21-15-31-26-7-5-20(13-23(21)26)16-34-18-30-17-32-34/h4-7,13-15,17-18,22,29,31H,1-3,8-12,16H2. The molecular weight excluding hydrogens is 434 g/mol. The lowest BCUT2D eigenvalue weighted by Crippen LogP contribution is -2.49. The monoisotopic (exact) mass is 464 g/mol. The summed E-state index contributed by atoms with van der Waals surface area (Å²) in [6, 6.07) is 11.1. The summed E-state index contributed by atoms with van der Waals surface area (Å²) in [7, 11) is 0. The van der Waals surface area contributed by atoms with Gasteiger partial charge in [-0.2, -0.15) is 5.10 Å². The Morgan fingerprint density at radius 1 is 1.00 bits per heavy atom. The van der Waals surface area contributed by atoms with E-state index in [1.54, 1.807) is 18.7 Å². The van der Waals surface area contributed by atoms with Crippen LogP contribution in [0.5, 0.6) is 0 Å². The zero-order chi connectivity index (χ0) is 23.3. The highest BCUT2D eigenvalue weighted by Gasteiger charge is 2.21. The van der Waals surface area contributed by atoms with Gasteiger partial charge in [0.25, 0.3) is 0 Å². The predicted molar refractivity (Wildman–Crippen MR) is 129 cm³/mol. The molecule has 178 valence electrons. The Morgan fingerprint density at radius 3 is 2.65 bits per heavy atom. The van der Waals surface area contributed by atoms with Crippen LogP contribution in [0.3, 0.4) is 0 Å². The first kappa shape index (κ1) is 22.7. The Balaban J connectivity index is 1.26. The number of rotatable bonds is 9. The highest BCUT2D eigenvalue weighted by molar-refractivity contribution is 5.83. The number of aromatic nitrogens is 4. The molecule has 8 heteroatoms. The summed E-state index contributed by atoms with van der Waals surface area (Å²) in [6.07, 6.45) is 9.11. The highest BCUT2D eigenvalue weighted by atomic mass is 19.2. The maximum absolute atomic E-state index is 13.8. The minimum absolute atomic E-state index is 0.306. The van der Waals surface area contributed by atoms with Gasteiger partial charge in [-0.25, -0.2) is 18.4 Å². The van der Waals surface area contributed by atoms with E-state index < -0.39 is 11.6 Å². The molecule has 0 amide bonds. The number of hydrogen-bond donors (Lipinski definition) is 2. The number of aromatic amines is 1. The Labute approximate surface area is 198 Å². The molecule has 5 rings (SSSR count). The Kier molecular flexibility index (Phi) is 6.97. The maximum Gasteiger partial charge on any atom is 0.159 e. The van der Waals surface area contributed by atoms with Crippen molar-refractivity contribution in [3.63, 3.8) is 0 Å². The number of H-pyrrole nitrogens is 1. The smallest absolute Gasteiger partial charge is 0.159 e. The number of hydrogen-bond acceptors (Lipinski definition) is 4. The van der Waals surface area contributed by atoms with Gasteiger partial charge in [-0.1, -0.05) is 12.1 Å². The summed E-state index contributed by atoms with van der Waals surface area (Å²) in [4.78, 5) is 9.91. The van der Waals surface area contributed by atoms with E-state index in [4.69, 9.17) is 0 Å². The van der Waals surface area contributed by atoms with Crippen LogP contribution in [-0.4, -0.2) is 56.9 Å². The lowest BCUT2D eigenvalue weighted by Gasteiger charge is -2.35. The summed E-state index contributed by atoms with van der Waals surface area (Å²) in [5, 5.41) is 8.86. The van der Waals surface area contributed by atoms with Crippen molar-refractivity contribution in [1.29, 1.82) is 0 Å². The van der Waals surface area contributed by atoms with E-state index in [0.29, 0.717) is 12.6 Å². The molecule has 0 saturated carbocycles. The summed E-state index contributed by atoms with van der Waals surface area (Å²) in [6.45, 7) is 4.58. The van der Waals surface area contributed by atoms with E-state index in [-0.39, 0.29) is 0 Å². The summed E-state index contributed by atoms with van der Waals surface area (Å²) >= 11 is 0. The molecule has 0 radical (unpaired) electrons. The molecule has 6 nitrogen and oxygen atoms in total. The number of halogens is 2. The molecule has 0 spiro atoms. The van der Waals surface area contributed by atoms with Gasteiger partial charge < -0.3 is 10.3 Å². The fourth-order valence-corrected chi connectivity index (χ4v) is 4.96. The molecule has 2 aromatic carbocycles. The van der Waals surface area contributed by atoms with Gasteiger partial charge in [0.2, 0.25) is 0 Å². The molecule has 1 aliphatic rings. The van der Waals surface area contributed by atoms with Gasteiger partial charge in [-0.3, -0.25) is 4.90 Å². The van der Waals surface area contributed by atoms with E-state index in [0.717, 1.165) is 62.9 Å². The van der Waals surface area contributed by atoms with E-state index in [1.165, 1.54) is 28.6 Å². The second kappa shape index (κ2) is 10.4. The van der Waals surface area contributed by atoms with E-state index >= 15 is 0 Å². The average molecular weight is 465 g/mol.